The maximum absolute atomic E-state index is 13.7. The zero-order valence-electron chi connectivity index (χ0n) is 19.9. The van der Waals surface area contributed by atoms with Gasteiger partial charge in [0.25, 0.3) is 0 Å². The summed E-state index contributed by atoms with van der Waals surface area (Å²) in [6, 6.07) is 10.3. The van der Waals surface area contributed by atoms with Gasteiger partial charge in [0, 0.05) is 34.7 Å². The number of nitrogens with one attached hydrogen (secondary N) is 1. The van der Waals surface area contributed by atoms with Crippen LogP contribution in [0.25, 0.3) is 11.4 Å². The highest BCUT2D eigenvalue weighted by Gasteiger charge is 2.36. The van der Waals surface area contributed by atoms with E-state index in [4.69, 9.17) is 16.3 Å². The highest BCUT2D eigenvalue weighted by atomic mass is 35.5. The number of amides is 2. The predicted octanol–water partition coefficient (Wildman–Crippen LogP) is 3.86. The Morgan fingerprint density at radius 3 is 2.67 bits per heavy atom. The van der Waals surface area contributed by atoms with E-state index in [0.717, 1.165) is 49.0 Å². The molecular formula is C25H29ClN6O3S. The van der Waals surface area contributed by atoms with Crippen molar-refractivity contribution >= 4 is 34.8 Å². The van der Waals surface area contributed by atoms with Gasteiger partial charge in [-0.1, -0.05) is 30.5 Å². The minimum absolute atomic E-state index is 0.107. The number of aromatic nitrogens is 4. The Hall–Kier alpha value is -2.82. The van der Waals surface area contributed by atoms with Gasteiger partial charge in [0.15, 0.2) is 0 Å². The molecule has 0 unspecified atom stereocenters. The van der Waals surface area contributed by atoms with Crippen LogP contribution in [0.3, 0.4) is 0 Å². The van der Waals surface area contributed by atoms with Crippen molar-refractivity contribution in [3.8, 4) is 11.4 Å². The van der Waals surface area contributed by atoms with E-state index in [-0.39, 0.29) is 30.5 Å². The minimum Gasteiger partial charge on any atom is -0.376 e. The summed E-state index contributed by atoms with van der Waals surface area (Å²) in [4.78, 5) is 31.0. The van der Waals surface area contributed by atoms with E-state index in [1.54, 1.807) is 29.2 Å². The van der Waals surface area contributed by atoms with E-state index < -0.39 is 6.04 Å². The Morgan fingerprint density at radius 2 is 1.97 bits per heavy atom. The monoisotopic (exact) mass is 528 g/mol. The highest BCUT2D eigenvalue weighted by molar-refractivity contribution is 7.10. The number of benzene rings is 1. The van der Waals surface area contributed by atoms with Crippen LogP contribution in [0.4, 0.5) is 0 Å². The van der Waals surface area contributed by atoms with Crippen LogP contribution in [-0.2, 0) is 20.9 Å². The van der Waals surface area contributed by atoms with Gasteiger partial charge in [0.05, 0.1) is 6.10 Å². The fourth-order valence-corrected chi connectivity index (χ4v) is 5.78. The second-order valence-electron chi connectivity index (χ2n) is 9.24. The molecule has 1 saturated carbocycles. The van der Waals surface area contributed by atoms with Crippen LogP contribution in [0.15, 0.2) is 41.8 Å². The van der Waals surface area contributed by atoms with Gasteiger partial charge in [0.2, 0.25) is 17.6 Å². The number of hydrogen-bond donors (Lipinski definition) is 1. The fourth-order valence-electron chi connectivity index (χ4n) is 4.82. The van der Waals surface area contributed by atoms with E-state index in [0.29, 0.717) is 24.0 Å². The molecule has 1 N–H and O–H groups in total. The Kier molecular flexibility index (Phi) is 7.93. The maximum atomic E-state index is 13.7. The number of carbonyl (C=O) groups is 2. The van der Waals surface area contributed by atoms with Gasteiger partial charge in [0.1, 0.15) is 12.6 Å². The first-order chi connectivity index (χ1) is 17.6. The fraction of sp³-hybridized carbons (Fsp3) is 0.480. The van der Waals surface area contributed by atoms with Crippen molar-refractivity contribution < 1.29 is 14.3 Å². The Labute approximate surface area is 218 Å². The number of thiophene rings is 1. The van der Waals surface area contributed by atoms with Gasteiger partial charge in [-0.15, -0.1) is 21.5 Å². The lowest BCUT2D eigenvalue weighted by atomic mass is 10.1. The molecule has 36 heavy (non-hydrogen) atoms. The summed E-state index contributed by atoms with van der Waals surface area (Å²) in [5.74, 6) is -0.00597. The molecule has 1 saturated heterocycles. The third-order valence-corrected chi connectivity index (χ3v) is 7.83. The van der Waals surface area contributed by atoms with Gasteiger partial charge in [-0.05, 0) is 66.6 Å². The van der Waals surface area contributed by atoms with E-state index >= 15 is 0 Å². The first kappa shape index (κ1) is 24.9. The summed E-state index contributed by atoms with van der Waals surface area (Å²) in [5.41, 5.74) is 0.752. The molecule has 0 spiro atoms. The third kappa shape index (κ3) is 5.93. The maximum Gasteiger partial charge on any atom is 0.248 e. The van der Waals surface area contributed by atoms with Crippen molar-refractivity contribution in [2.24, 2.45) is 0 Å². The normalized spacial score (nSPS) is 18.9. The summed E-state index contributed by atoms with van der Waals surface area (Å²) in [6.45, 7) is 0.865. The number of hydrogen-bond acceptors (Lipinski definition) is 7. The van der Waals surface area contributed by atoms with Crippen LogP contribution in [0.5, 0.6) is 0 Å². The van der Waals surface area contributed by atoms with Crippen molar-refractivity contribution in [1.82, 2.24) is 30.4 Å². The van der Waals surface area contributed by atoms with Crippen LogP contribution in [0, 0.1) is 0 Å². The highest BCUT2D eigenvalue weighted by Crippen LogP contribution is 2.29. The Morgan fingerprint density at radius 1 is 1.17 bits per heavy atom. The van der Waals surface area contributed by atoms with Crippen molar-refractivity contribution in [3.05, 3.63) is 51.7 Å². The van der Waals surface area contributed by atoms with Gasteiger partial charge >= 0.3 is 0 Å². The number of rotatable bonds is 9. The van der Waals surface area contributed by atoms with Crippen LogP contribution >= 0.6 is 22.9 Å². The molecule has 1 aliphatic heterocycles. The Bertz CT molecular complexity index is 1160. The lowest BCUT2D eigenvalue weighted by Gasteiger charge is -2.32. The molecule has 2 aliphatic rings. The summed E-state index contributed by atoms with van der Waals surface area (Å²) in [5, 5.41) is 18.3. The molecule has 1 aromatic carbocycles. The zero-order chi connectivity index (χ0) is 24.9. The molecular weight excluding hydrogens is 500 g/mol. The Balaban J connectivity index is 1.38. The predicted molar refractivity (Wildman–Crippen MR) is 136 cm³/mol. The number of nitrogens with zero attached hydrogens (tertiary/aromatic N) is 5. The molecule has 2 fully saturated rings. The van der Waals surface area contributed by atoms with Gasteiger partial charge in [-0.2, -0.15) is 4.80 Å². The van der Waals surface area contributed by atoms with Gasteiger partial charge in [-0.25, -0.2) is 0 Å². The van der Waals surface area contributed by atoms with Crippen LogP contribution < -0.4 is 5.32 Å². The largest absolute Gasteiger partial charge is 0.376 e. The smallest absolute Gasteiger partial charge is 0.248 e. The molecule has 5 rings (SSSR count). The second kappa shape index (κ2) is 11.5. The topological polar surface area (TPSA) is 102 Å². The summed E-state index contributed by atoms with van der Waals surface area (Å²) in [7, 11) is 0. The molecule has 1 aliphatic carbocycles. The van der Waals surface area contributed by atoms with Crippen LogP contribution in [0.1, 0.15) is 49.4 Å². The molecule has 0 bridgehead atoms. The molecule has 2 amide bonds. The van der Waals surface area contributed by atoms with Crippen molar-refractivity contribution in [3.63, 3.8) is 0 Å². The lowest BCUT2D eigenvalue weighted by Crippen LogP contribution is -2.49. The summed E-state index contributed by atoms with van der Waals surface area (Å²) >= 11 is 7.45. The molecule has 3 heterocycles. The van der Waals surface area contributed by atoms with Crippen LogP contribution in [-0.4, -0.2) is 62.2 Å². The van der Waals surface area contributed by atoms with Crippen molar-refractivity contribution in [2.75, 3.05) is 13.2 Å². The van der Waals surface area contributed by atoms with Crippen LogP contribution in [0.2, 0.25) is 5.02 Å². The summed E-state index contributed by atoms with van der Waals surface area (Å²) < 4.78 is 5.85. The summed E-state index contributed by atoms with van der Waals surface area (Å²) in [6.07, 6.45) is 5.86. The van der Waals surface area contributed by atoms with Gasteiger partial charge < -0.3 is 15.0 Å². The van der Waals surface area contributed by atoms with Gasteiger partial charge in [-0.3, -0.25) is 9.59 Å². The van der Waals surface area contributed by atoms with E-state index in [1.165, 1.54) is 16.1 Å². The van der Waals surface area contributed by atoms with E-state index in [9.17, 15) is 9.59 Å². The quantitative estimate of drug-likeness (QED) is 0.452. The second-order valence-corrected chi connectivity index (χ2v) is 10.7. The van der Waals surface area contributed by atoms with E-state index in [1.807, 2.05) is 17.5 Å². The molecule has 2 aromatic heterocycles. The minimum atomic E-state index is -0.735. The lowest BCUT2D eigenvalue weighted by molar-refractivity contribution is -0.143. The molecule has 0 radical (unpaired) electrons. The average Bonchev–Trinajstić information content (AvgIpc) is 3.68. The molecule has 190 valence electrons. The third-order valence-electron chi connectivity index (χ3n) is 6.65. The van der Waals surface area contributed by atoms with Crippen molar-refractivity contribution in [2.45, 2.75) is 63.3 Å². The molecule has 2 atom stereocenters. The number of ether oxygens (including phenoxy) is 1. The van der Waals surface area contributed by atoms with E-state index in [2.05, 4.69) is 20.7 Å². The zero-order valence-corrected chi connectivity index (χ0v) is 21.5. The number of halogens is 1. The molecule has 3 aromatic rings. The molecule has 11 heteroatoms. The standard InChI is InChI=1S/C25H29ClN6O3S/c26-18-11-9-17(10-12-18)24-28-30-32(29-24)16-22(33)31(15-20-7-3-13-35-20)23(21-8-4-14-36-21)25(34)27-19-5-1-2-6-19/h4,8-12,14,19-20,23H,1-3,5-7,13,15-16H2,(H,27,34)/t20-,23-/m1/s1. The average molecular weight is 529 g/mol. The SMILES string of the molecule is O=C(NC1CCCC1)[C@@H](c1cccs1)N(C[C@H]1CCCO1)C(=O)Cn1nnc(-c2ccc(Cl)cc2)n1. The first-order valence-electron chi connectivity index (χ1n) is 12.4. The van der Waals surface area contributed by atoms with Crippen molar-refractivity contribution in [1.29, 1.82) is 0 Å². The first-order valence-corrected chi connectivity index (χ1v) is 13.6. The molecule has 9 nitrogen and oxygen atoms in total. The number of tetrazole rings is 1. The number of carbonyl (C=O) groups excluding carboxylic acids is 2.